The lowest BCUT2D eigenvalue weighted by Gasteiger charge is -2.19. The van der Waals surface area contributed by atoms with Gasteiger partial charge in [-0.25, -0.2) is 18.0 Å². The highest BCUT2D eigenvalue weighted by Crippen LogP contribution is 2.21. The van der Waals surface area contributed by atoms with E-state index >= 15 is 0 Å². The second kappa shape index (κ2) is 12.3. The third kappa shape index (κ3) is 7.24. The molecule has 1 atom stereocenters. The number of carbonyl (C=O) groups is 3. The fourth-order valence-electron chi connectivity index (χ4n) is 3.64. The van der Waals surface area contributed by atoms with Crippen molar-refractivity contribution in [2.24, 2.45) is 0 Å². The molecule has 2 aromatic rings. The van der Waals surface area contributed by atoms with Gasteiger partial charge in [0.15, 0.2) is 0 Å². The van der Waals surface area contributed by atoms with Crippen molar-refractivity contribution in [1.82, 2.24) is 14.9 Å². The number of carbonyl (C=O) groups excluding carboxylic acids is 3. The summed E-state index contributed by atoms with van der Waals surface area (Å²) >= 11 is 0. The Bertz CT molecular complexity index is 1160. The quantitative estimate of drug-likeness (QED) is 0.446. The Hall–Kier alpha value is -3.50. The summed E-state index contributed by atoms with van der Waals surface area (Å²) in [5.41, 5.74) is 0.988. The highest BCUT2D eigenvalue weighted by Gasteiger charge is 2.26. The lowest BCUT2D eigenvalue weighted by molar-refractivity contribution is -0.151. The fraction of sp³-hybridized carbons (Fsp3) is 0.320. The van der Waals surface area contributed by atoms with Crippen molar-refractivity contribution in [2.75, 3.05) is 20.1 Å². The Morgan fingerprint density at radius 1 is 0.943 bits per heavy atom. The molecule has 1 aliphatic heterocycles. The molecule has 1 heterocycles. The SMILES string of the molecule is CNC(=O)NC(=O)[C@H](OC(=O)/C=C/c1ccc(S(=O)(=O)N2CCCCCC2)cc1)c1ccccc1. The molecule has 2 N–H and O–H groups in total. The minimum absolute atomic E-state index is 0.203. The molecule has 3 rings (SSSR count). The second-order valence-electron chi connectivity index (χ2n) is 8.02. The van der Waals surface area contributed by atoms with E-state index < -0.39 is 34.0 Å². The van der Waals surface area contributed by atoms with Crippen molar-refractivity contribution < 1.29 is 27.5 Å². The maximum Gasteiger partial charge on any atom is 0.331 e. The molecule has 3 amide bonds. The van der Waals surface area contributed by atoms with Gasteiger partial charge >= 0.3 is 12.0 Å². The number of hydrogen-bond acceptors (Lipinski definition) is 6. The first kappa shape index (κ1) is 26.1. The Kier molecular flexibility index (Phi) is 9.16. The molecular weight excluding hydrogens is 470 g/mol. The van der Waals surface area contributed by atoms with Crippen LogP contribution in [0, 0.1) is 0 Å². The van der Waals surface area contributed by atoms with Crippen LogP contribution in [-0.4, -0.2) is 50.8 Å². The summed E-state index contributed by atoms with van der Waals surface area (Å²) in [5, 5.41) is 4.38. The first-order chi connectivity index (χ1) is 16.8. The standard InChI is InChI=1S/C25H29N3O6S/c1-26-25(31)27-24(30)23(20-9-5-4-6-10-20)34-22(29)16-13-19-11-14-21(15-12-19)35(32,33)28-17-7-2-3-8-18-28/h4-6,9-16,23H,2-3,7-8,17-18H2,1H3,(H2,26,27,30,31)/b16-13+/t23-/m1/s1. The highest BCUT2D eigenvalue weighted by atomic mass is 32.2. The summed E-state index contributed by atoms with van der Waals surface area (Å²) < 4.78 is 32.6. The van der Waals surface area contributed by atoms with Gasteiger partial charge in [-0.05, 0) is 36.6 Å². The van der Waals surface area contributed by atoms with Crippen LogP contribution in [0.4, 0.5) is 4.79 Å². The minimum atomic E-state index is -3.56. The Morgan fingerprint density at radius 3 is 2.17 bits per heavy atom. The number of rotatable bonds is 7. The fourth-order valence-corrected chi connectivity index (χ4v) is 5.16. The van der Waals surface area contributed by atoms with E-state index in [1.165, 1.54) is 29.6 Å². The zero-order valence-electron chi connectivity index (χ0n) is 19.5. The smallest absolute Gasteiger partial charge is 0.331 e. The summed E-state index contributed by atoms with van der Waals surface area (Å²) in [6.45, 7) is 1.04. The van der Waals surface area contributed by atoms with Gasteiger partial charge in [-0.3, -0.25) is 10.1 Å². The molecule has 0 spiro atoms. The molecule has 0 saturated carbocycles. The van der Waals surface area contributed by atoms with Gasteiger partial charge < -0.3 is 10.1 Å². The van der Waals surface area contributed by atoms with Gasteiger partial charge in [-0.1, -0.05) is 55.3 Å². The predicted octanol–water partition coefficient (Wildman–Crippen LogP) is 3.00. The lowest BCUT2D eigenvalue weighted by atomic mass is 10.1. The Balaban J connectivity index is 1.68. The van der Waals surface area contributed by atoms with Gasteiger partial charge in [0.05, 0.1) is 4.90 Å². The maximum absolute atomic E-state index is 12.9. The molecule has 186 valence electrons. The summed E-state index contributed by atoms with van der Waals surface area (Å²) in [7, 11) is -2.20. The van der Waals surface area contributed by atoms with E-state index in [0.29, 0.717) is 24.2 Å². The largest absolute Gasteiger partial charge is 0.444 e. The number of ether oxygens (including phenoxy) is 1. The van der Waals surface area contributed by atoms with E-state index in [1.807, 2.05) is 0 Å². The van der Waals surface area contributed by atoms with Crippen LogP contribution in [-0.2, 0) is 24.3 Å². The molecule has 0 unspecified atom stereocenters. The van der Waals surface area contributed by atoms with Crippen LogP contribution in [0.5, 0.6) is 0 Å². The van der Waals surface area contributed by atoms with Gasteiger partial charge in [-0.15, -0.1) is 0 Å². The normalized spacial score (nSPS) is 15.7. The molecule has 1 aliphatic rings. The third-order valence-electron chi connectivity index (χ3n) is 5.53. The molecular formula is C25H29N3O6S. The molecule has 35 heavy (non-hydrogen) atoms. The van der Waals surface area contributed by atoms with Crippen molar-refractivity contribution in [3.05, 3.63) is 71.8 Å². The van der Waals surface area contributed by atoms with Gasteiger partial charge in [0, 0.05) is 31.8 Å². The Labute approximate surface area is 205 Å². The molecule has 10 heteroatoms. The molecule has 0 aromatic heterocycles. The number of imide groups is 1. The van der Waals surface area contributed by atoms with Crippen LogP contribution < -0.4 is 10.6 Å². The van der Waals surface area contributed by atoms with E-state index in [-0.39, 0.29) is 4.90 Å². The number of hydrogen-bond donors (Lipinski definition) is 2. The number of esters is 1. The zero-order chi connectivity index (χ0) is 25.3. The first-order valence-electron chi connectivity index (χ1n) is 11.4. The summed E-state index contributed by atoms with van der Waals surface area (Å²) in [4.78, 5) is 36.6. The molecule has 1 fully saturated rings. The molecule has 2 aromatic carbocycles. The van der Waals surface area contributed by atoms with E-state index in [2.05, 4.69) is 10.6 Å². The summed E-state index contributed by atoms with van der Waals surface area (Å²) in [6.07, 6.45) is 5.05. The van der Waals surface area contributed by atoms with Crippen molar-refractivity contribution in [2.45, 2.75) is 36.7 Å². The van der Waals surface area contributed by atoms with Crippen LogP contribution in [0.25, 0.3) is 6.08 Å². The van der Waals surface area contributed by atoms with Crippen LogP contribution in [0.3, 0.4) is 0 Å². The van der Waals surface area contributed by atoms with Crippen LogP contribution in [0.15, 0.2) is 65.6 Å². The van der Waals surface area contributed by atoms with E-state index in [0.717, 1.165) is 31.8 Å². The number of sulfonamides is 1. The molecule has 0 bridgehead atoms. The number of urea groups is 1. The highest BCUT2D eigenvalue weighted by molar-refractivity contribution is 7.89. The van der Waals surface area contributed by atoms with E-state index in [9.17, 15) is 22.8 Å². The van der Waals surface area contributed by atoms with Crippen molar-refractivity contribution in [3.63, 3.8) is 0 Å². The zero-order valence-corrected chi connectivity index (χ0v) is 20.3. The number of nitrogens with zero attached hydrogens (tertiary/aromatic N) is 1. The van der Waals surface area contributed by atoms with Gasteiger partial charge in [0.25, 0.3) is 5.91 Å². The van der Waals surface area contributed by atoms with Gasteiger partial charge in [-0.2, -0.15) is 4.31 Å². The first-order valence-corrected chi connectivity index (χ1v) is 12.8. The van der Waals surface area contributed by atoms with Crippen LogP contribution >= 0.6 is 0 Å². The maximum atomic E-state index is 12.9. The summed E-state index contributed by atoms with van der Waals surface area (Å²) in [6, 6.07) is 13.8. The predicted molar refractivity (Wildman–Crippen MR) is 131 cm³/mol. The van der Waals surface area contributed by atoms with E-state index in [1.54, 1.807) is 42.5 Å². The molecule has 0 radical (unpaired) electrons. The molecule has 0 aliphatic carbocycles. The van der Waals surface area contributed by atoms with Crippen molar-refractivity contribution >= 4 is 34.0 Å². The molecule has 9 nitrogen and oxygen atoms in total. The van der Waals surface area contributed by atoms with Gasteiger partial charge in [0.2, 0.25) is 16.1 Å². The van der Waals surface area contributed by atoms with Crippen LogP contribution in [0.1, 0.15) is 42.9 Å². The average Bonchev–Trinajstić information content (AvgIpc) is 3.17. The summed E-state index contributed by atoms with van der Waals surface area (Å²) in [5.74, 6) is -1.59. The number of nitrogens with one attached hydrogen (secondary N) is 2. The number of benzene rings is 2. The van der Waals surface area contributed by atoms with Gasteiger partial charge in [0.1, 0.15) is 0 Å². The van der Waals surface area contributed by atoms with Crippen molar-refractivity contribution in [1.29, 1.82) is 0 Å². The second-order valence-corrected chi connectivity index (χ2v) is 9.95. The Morgan fingerprint density at radius 2 is 1.57 bits per heavy atom. The van der Waals surface area contributed by atoms with E-state index in [4.69, 9.17) is 4.74 Å². The lowest BCUT2D eigenvalue weighted by Crippen LogP contribution is -2.41. The third-order valence-corrected chi connectivity index (χ3v) is 7.45. The number of amides is 3. The topological polar surface area (TPSA) is 122 Å². The average molecular weight is 500 g/mol. The minimum Gasteiger partial charge on any atom is -0.444 e. The monoisotopic (exact) mass is 499 g/mol. The molecule has 1 saturated heterocycles. The van der Waals surface area contributed by atoms with Crippen molar-refractivity contribution in [3.8, 4) is 0 Å². The van der Waals surface area contributed by atoms with Crippen LogP contribution in [0.2, 0.25) is 0 Å².